The van der Waals surface area contributed by atoms with Crippen LogP contribution in [0.5, 0.6) is 5.75 Å². The Morgan fingerprint density at radius 1 is 1.08 bits per heavy atom. The van der Waals surface area contributed by atoms with E-state index in [4.69, 9.17) is 16.3 Å². The standard InChI is InChI=1S/C18H23ClN2O2.ClH/c1-14-17(19)8-5-9-18(14)21-11-10-20-12-15(22)13-23-16-6-3-2-4-7-16;/h2-9,15,20-22H,10-13H2,1H3;1H. The zero-order chi connectivity index (χ0) is 16.5. The minimum absolute atomic E-state index is 0. The van der Waals surface area contributed by atoms with Crippen LogP contribution in [0, 0.1) is 6.92 Å². The van der Waals surface area contributed by atoms with Gasteiger partial charge in [-0.25, -0.2) is 0 Å². The van der Waals surface area contributed by atoms with Gasteiger partial charge in [-0.2, -0.15) is 0 Å². The number of rotatable bonds is 9. The number of hydrogen-bond acceptors (Lipinski definition) is 4. The van der Waals surface area contributed by atoms with Gasteiger partial charge in [-0.3, -0.25) is 0 Å². The van der Waals surface area contributed by atoms with Gasteiger partial charge in [0.05, 0.1) is 0 Å². The van der Waals surface area contributed by atoms with Crippen LogP contribution in [0.2, 0.25) is 5.02 Å². The summed E-state index contributed by atoms with van der Waals surface area (Å²) in [6, 6.07) is 15.3. The third-order valence-corrected chi connectivity index (χ3v) is 3.86. The smallest absolute Gasteiger partial charge is 0.119 e. The van der Waals surface area contributed by atoms with E-state index < -0.39 is 6.10 Å². The Labute approximate surface area is 154 Å². The maximum absolute atomic E-state index is 9.88. The Kier molecular flexibility index (Phi) is 9.57. The van der Waals surface area contributed by atoms with E-state index in [-0.39, 0.29) is 19.0 Å². The molecule has 0 spiro atoms. The predicted molar refractivity (Wildman–Crippen MR) is 103 cm³/mol. The van der Waals surface area contributed by atoms with Gasteiger partial charge in [0.1, 0.15) is 18.5 Å². The fraction of sp³-hybridized carbons (Fsp3) is 0.333. The molecule has 0 heterocycles. The van der Waals surface area contributed by atoms with Crippen molar-refractivity contribution in [2.24, 2.45) is 0 Å². The summed E-state index contributed by atoms with van der Waals surface area (Å²) < 4.78 is 5.50. The molecule has 1 atom stereocenters. The Morgan fingerprint density at radius 2 is 1.83 bits per heavy atom. The van der Waals surface area contributed by atoms with Crippen LogP contribution < -0.4 is 15.4 Å². The zero-order valence-electron chi connectivity index (χ0n) is 13.7. The molecule has 0 aliphatic carbocycles. The summed E-state index contributed by atoms with van der Waals surface area (Å²) in [5.74, 6) is 0.768. The second-order valence-corrected chi connectivity index (χ2v) is 5.73. The van der Waals surface area contributed by atoms with Crippen molar-refractivity contribution in [3.63, 3.8) is 0 Å². The molecule has 0 aliphatic heterocycles. The minimum atomic E-state index is -0.539. The topological polar surface area (TPSA) is 53.5 Å². The number of aliphatic hydroxyl groups is 1. The van der Waals surface area contributed by atoms with Crippen molar-refractivity contribution < 1.29 is 9.84 Å². The Morgan fingerprint density at radius 3 is 2.58 bits per heavy atom. The number of aliphatic hydroxyl groups excluding tert-OH is 1. The van der Waals surface area contributed by atoms with E-state index in [1.807, 2.05) is 55.5 Å². The van der Waals surface area contributed by atoms with E-state index in [1.54, 1.807) is 0 Å². The van der Waals surface area contributed by atoms with Crippen LogP contribution in [0.3, 0.4) is 0 Å². The fourth-order valence-corrected chi connectivity index (χ4v) is 2.30. The molecule has 0 radical (unpaired) electrons. The molecule has 24 heavy (non-hydrogen) atoms. The van der Waals surface area contributed by atoms with Crippen LogP contribution >= 0.6 is 24.0 Å². The molecule has 0 aromatic heterocycles. The molecule has 2 aromatic carbocycles. The molecule has 0 saturated heterocycles. The lowest BCUT2D eigenvalue weighted by atomic mass is 10.2. The maximum atomic E-state index is 9.88. The highest BCUT2D eigenvalue weighted by Crippen LogP contribution is 2.22. The highest BCUT2D eigenvalue weighted by molar-refractivity contribution is 6.31. The number of benzene rings is 2. The van der Waals surface area contributed by atoms with Gasteiger partial charge in [-0.1, -0.05) is 35.9 Å². The van der Waals surface area contributed by atoms with Gasteiger partial charge in [0.15, 0.2) is 0 Å². The minimum Gasteiger partial charge on any atom is -0.491 e. The highest BCUT2D eigenvalue weighted by atomic mass is 35.5. The number of anilines is 1. The second-order valence-electron chi connectivity index (χ2n) is 5.32. The zero-order valence-corrected chi connectivity index (χ0v) is 15.2. The number of nitrogens with one attached hydrogen (secondary N) is 2. The van der Waals surface area contributed by atoms with Crippen molar-refractivity contribution in [1.29, 1.82) is 0 Å². The van der Waals surface area contributed by atoms with E-state index in [9.17, 15) is 5.11 Å². The lowest BCUT2D eigenvalue weighted by Gasteiger charge is -2.14. The van der Waals surface area contributed by atoms with Crippen molar-refractivity contribution in [2.75, 3.05) is 31.6 Å². The summed E-state index contributed by atoms with van der Waals surface area (Å²) in [4.78, 5) is 0. The van der Waals surface area contributed by atoms with Crippen LogP contribution in [0.4, 0.5) is 5.69 Å². The van der Waals surface area contributed by atoms with Crippen molar-refractivity contribution in [2.45, 2.75) is 13.0 Å². The maximum Gasteiger partial charge on any atom is 0.119 e. The first-order valence-electron chi connectivity index (χ1n) is 7.72. The molecular formula is C18H24Cl2N2O2. The van der Waals surface area contributed by atoms with Crippen LogP contribution in [0.1, 0.15) is 5.56 Å². The van der Waals surface area contributed by atoms with E-state index in [0.29, 0.717) is 6.54 Å². The van der Waals surface area contributed by atoms with Crippen LogP contribution in [0.15, 0.2) is 48.5 Å². The SMILES string of the molecule is Cc1c(Cl)cccc1NCCNCC(O)COc1ccccc1.Cl. The number of halogens is 2. The third-order valence-electron chi connectivity index (χ3n) is 3.45. The monoisotopic (exact) mass is 370 g/mol. The van der Waals surface area contributed by atoms with Gasteiger partial charge in [0.25, 0.3) is 0 Å². The summed E-state index contributed by atoms with van der Waals surface area (Å²) in [5.41, 5.74) is 2.08. The quantitative estimate of drug-likeness (QED) is 0.591. The molecule has 3 N–H and O–H groups in total. The van der Waals surface area contributed by atoms with Crippen molar-refractivity contribution in [3.05, 3.63) is 59.1 Å². The first-order valence-corrected chi connectivity index (χ1v) is 8.10. The van der Waals surface area contributed by atoms with Crippen LogP contribution in [0.25, 0.3) is 0 Å². The molecule has 4 nitrogen and oxygen atoms in total. The largest absolute Gasteiger partial charge is 0.491 e. The fourth-order valence-electron chi connectivity index (χ4n) is 2.12. The summed E-state index contributed by atoms with van der Waals surface area (Å²) in [7, 11) is 0. The first kappa shape index (κ1) is 20.6. The van der Waals surface area contributed by atoms with Gasteiger partial charge in [-0.15, -0.1) is 12.4 Å². The normalized spacial score (nSPS) is 11.5. The van der Waals surface area contributed by atoms with E-state index in [0.717, 1.165) is 35.1 Å². The summed E-state index contributed by atoms with van der Waals surface area (Å²) >= 11 is 6.08. The van der Waals surface area contributed by atoms with Crippen LogP contribution in [-0.4, -0.2) is 37.5 Å². The van der Waals surface area contributed by atoms with Gasteiger partial charge < -0.3 is 20.5 Å². The van der Waals surface area contributed by atoms with Crippen LogP contribution in [-0.2, 0) is 0 Å². The third kappa shape index (κ3) is 6.97. The lowest BCUT2D eigenvalue weighted by Crippen LogP contribution is -2.34. The molecule has 0 saturated carbocycles. The summed E-state index contributed by atoms with van der Waals surface area (Å²) in [6.45, 7) is 4.26. The molecule has 132 valence electrons. The van der Waals surface area contributed by atoms with Gasteiger partial charge in [-0.05, 0) is 36.8 Å². The van der Waals surface area contributed by atoms with Crippen molar-refractivity contribution in [1.82, 2.24) is 5.32 Å². The van der Waals surface area contributed by atoms with E-state index >= 15 is 0 Å². The molecule has 1 unspecified atom stereocenters. The summed E-state index contributed by atoms with van der Waals surface area (Å²) in [6.07, 6.45) is -0.539. The number of para-hydroxylation sites is 1. The molecule has 0 amide bonds. The van der Waals surface area contributed by atoms with Gasteiger partial charge in [0.2, 0.25) is 0 Å². The van der Waals surface area contributed by atoms with Crippen molar-refractivity contribution >= 4 is 29.7 Å². The average molecular weight is 371 g/mol. The number of ether oxygens (including phenoxy) is 1. The Bertz CT molecular complexity index is 597. The predicted octanol–water partition coefficient (Wildman–Crippen LogP) is 3.51. The van der Waals surface area contributed by atoms with E-state index in [2.05, 4.69) is 10.6 Å². The Hall–Kier alpha value is -1.46. The first-order chi connectivity index (χ1) is 11.2. The molecule has 2 rings (SSSR count). The van der Waals surface area contributed by atoms with Crippen molar-refractivity contribution in [3.8, 4) is 5.75 Å². The van der Waals surface area contributed by atoms with E-state index in [1.165, 1.54) is 0 Å². The average Bonchev–Trinajstić information content (AvgIpc) is 2.57. The molecule has 6 heteroatoms. The molecule has 0 fully saturated rings. The molecule has 0 aliphatic rings. The molecule has 0 bridgehead atoms. The van der Waals surface area contributed by atoms with Gasteiger partial charge >= 0.3 is 0 Å². The molecule has 2 aromatic rings. The number of hydrogen-bond donors (Lipinski definition) is 3. The van der Waals surface area contributed by atoms with Gasteiger partial charge in [0, 0.05) is 30.3 Å². The Balaban J connectivity index is 0.00000288. The highest BCUT2D eigenvalue weighted by Gasteiger charge is 2.05. The second kappa shape index (κ2) is 11.2. The molecular weight excluding hydrogens is 347 g/mol. The summed E-state index contributed by atoms with van der Waals surface area (Å²) in [5, 5.41) is 17.2. The lowest BCUT2D eigenvalue weighted by molar-refractivity contribution is 0.107.